The van der Waals surface area contributed by atoms with Crippen molar-refractivity contribution in [2.45, 2.75) is 167 Å². The number of rotatable bonds is 8. The molecule has 0 fully saturated rings. The fourth-order valence-corrected chi connectivity index (χ4v) is 8.10. The summed E-state index contributed by atoms with van der Waals surface area (Å²) in [4.78, 5) is 0. The highest BCUT2D eigenvalue weighted by Gasteiger charge is 2.20. The van der Waals surface area contributed by atoms with Gasteiger partial charge in [-0.2, -0.15) is 0 Å². The predicted octanol–water partition coefficient (Wildman–Crippen LogP) is 14.2. The topological polar surface area (TPSA) is 62.9 Å². The molecule has 4 rings (SSSR count). The lowest BCUT2D eigenvalue weighted by atomic mass is 9.84. The van der Waals surface area contributed by atoms with Crippen molar-refractivity contribution in [2.24, 2.45) is 5.73 Å². The van der Waals surface area contributed by atoms with E-state index in [0.29, 0.717) is 6.54 Å². The van der Waals surface area contributed by atoms with Gasteiger partial charge in [-0.3, -0.25) is 0 Å². The summed E-state index contributed by atoms with van der Waals surface area (Å²) in [6.45, 7) is 37.3. The van der Waals surface area contributed by atoms with Crippen molar-refractivity contribution >= 4 is 0 Å². The summed E-state index contributed by atoms with van der Waals surface area (Å²) in [6, 6.07) is 0. The van der Waals surface area contributed by atoms with Gasteiger partial charge in [0.25, 0.3) is 0 Å². The van der Waals surface area contributed by atoms with Crippen molar-refractivity contribution in [3.63, 3.8) is 0 Å². The second kappa shape index (κ2) is 24.1. The summed E-state index contributed by atoms with van der Waals surface area (Å²) >= 11 is 0. The van der Waals surface area contributed by atoms with Gasteiger partial charge in [-0.05, 0) is 229 Å². The maximum Gasteiger partial charge on any atom is 0.126 e. The van der Waals surface area contributed by atoms with Gasteiger partial charge in [-0.25, -0.2) is 0 Å². The van der Waals surface area contributed by atoms with Crippen molar-refractivity contribution in [1.29, 1.82) is 0 Å². The molecule has 4 aromatic carbocycles. The number of nitrogens with two attached hydrogens (primary N) is 1. The van der Waals surface area contributed by atoms with Crippen LogP contribution in [0.5, 0.6) is 23.0 Å². The molecule has 4 aromatic rings. The van der Waals surface area contributed by atoms with E-state index in [0.717, 1.165) is 41.4 Å². The summed E-state index contributed by atoms with van der Waals surface area (Å²) in [6.07, 6.45) is 2.05. The Kier molecular flexibility index (Phi) is 24.2. The predicted molar refractivity (Wildman–Crippen MR) is 255 cm³/mol. The zero-order valence-corrected chi connectivity index (χ0v) is 37.3. The fraction of sp³-hybridized carbons (Fsp3) is 0.538. The van der Waals surface area contributed by atoms with Crippen LogP contribution in [-0.2, 0) is 19.4 Å². The molecule has 0 bridgehead atoms. The Labute approximate surface area is 353 Å². The molecule has 0 aliphatic carbocycles. The van der Waals surface area contributed by atoms with Gasteiger partial charge in [-0.1, -0.05) is 36.6 Å². The van der Waals surface area contributed by atoms with Gasteiger partial charge in [0.05, 0.1) is 28.4 Å². The van der Waals surface area contributed by atoms with E-state index in [1.165, 1.54) is 106 Å². The lowest BCUT2D eigenvalue weighted by Crippen LogP contribution is -2.08. The van der Waals surface area contributed by atoms with Crippen LogP contribution in [0.2, 0.25) is 0 Å². The van der Waals surface area contributed by atoms with E-state index < -0.39 is 0 Å². The molecule has 0 saturated heterocycles. The Morgan fingerprint density at radius 3 is 0.737 bits per heavy atom. The van der Waals surface area contributed by atoms with E-state index in [-0.39, 0.29) is 29.7 Å². The molecule has 0 saturated carbocycles. The van der Waals surface area contributed by atoms with Crippen LogP contribution in [0.1, 0.15) is 148 Å². The molecule has 0 aliphatic rings. The molecule has 57 heavy (non-hydrogen) atoms. The monoisotopic (exact) mass is 790 g/mol. The largest absolute Gasteiger partial charge is 0.496 e. The Hall–Kier alpha value is -3.96. The quantitative estimate of drug-likeness (QED) is 0.193. The second-order valence-electron chi connectivity index (χ2n) is 14.8. The molecule has 0 radical (unpaired) electrons. The minimum Gasteiger partial charge on any atom is -0.496 e. The van der Waals surface area contributed by atoms with Crippen LogP contribution < -0.4 is 24.7 Å². The molecule has 0 unspecified atom stereocenters. The van der Waals surface area contributed by atoms with E-state index in [1.54, 1.807) is 28.4 Å². The van der Waals surface area contributed by atoms with Crippen LogP contribution >= 0.6 is 0 Å². The third-order valence-corrected chi connectivity index (χ3v) is 12.6. The molecule has 0 atom stereocenters. The standard InChI is InChI=1S/C23H32O2.C13H20O.C12H19NO.4CH4/c1-12-16(5)22(24-9)17(6)13(2)20(12)11-21-14(3)18(7)23(25-10)19(8)15(21)4;1-7-12-8(2)10(4)13(14-6)11(5)9(12)3;1-7-8(2)10(4)12(14-5)11(6-13)9(7)3;;;;/h11H2,1-10H3;7H2,1-6H3;6,13H2,1-5H3;4*1H4. The first-order chi connectivity index (χ1) is 24.7. The van der Waals surface area contributed by atoms with Crippen molar-refractivity contribution in [3.8, 4) is 23.0 Å². The van der Waals surface area contributed by atoms with Gasteiger partial charge >= 0.3 is 0 Å². The average Bonchev–Trinajstić information content (AvgIpc) is 3.14. The molecule has 2 N–H and O–H groups in total. The van der Waals surface area contributed by atoms with Crippen molar-refractivity contribution < 1.29 is 18.9 Å². The third kappa shape index (κ3) is 11.2. The van der Waals surface area contributed by atoms with Gasteiger partial charge in [0.2, 0.25) is 0 Å². The normalized spacial score (nSPS) is 9.93. The zero-order chi connectivity index (χ0) is 40.8. The Morgan fingerprint density at radius 1 is 0.298 bits per heavy atom. The highest BCUT2D eigenvalue weighted by molar-refractivity contribution is 5.59. The molecule has 0 heterocycles. The molecule has 0 amide bonds. The smallest absolute Gasteiger partial charge is 0.126 e. The number of methoxy groups -OCH3 is 4. The lowest BCUT2D eigenvalue weighted by molar-refractivity contribution is 0.405. The van der Waals surface area contributed by atoms with Gasteiger partial charge < -0.3 is 24.7 Å². The minimum atomic E-state index is 0. The van der Waals surface area contributed by atoms with Crippen molar-refractivity contribution in [3.05, 3.63) is 111 Å². The van der Waals surface area contributed by atoms with Crippen LogP contribution in [0.15, 0.2) is 0 Å². The number of hydrogen-bond donors (Lipinski definition) is 1. The van der Waals surface area contributed by atoms with Crippen molar-refractivity contribution in [1.82, 2.24) is 0 Å². The number of ether oxygens (including phenoxy) is 4. The summed E-state index contributed by atoms with van der Waals surface area (Å²) < 4.78 is 22.1. The van der Waals surface area contributed by atoms with Gasteiger partial charge in [0.1, 0.15) is 23.0 Å². The SMILES string of the molecule is C.C.C.C.CCc1c(C)c(C)c(OC)c(C)c1C.COc1c(C)c(C)c(C)c(C)c1CN.COc1c(C)c(C)c(Cc2c(C)c(C)c(OC)c(C)c2C)c(C)c1C. The molecule has 0 aromatic heterocycles. The average molecular weight is 790 g/mol. The molecule has 5 heteroatoms. The minimum absolute atomic E-state index is 0. The summed E-state index contributed by atoms with van der Waals surface area (Å²) in [5, 5.41) is 0. The maximum atomic E-state index is 5.73. The second-order valence-corrected chi connectivity index (χ2v) is 14.8. The van der Waals surface area contributed by atoms with Crippen molar-refractivity contribution in [2.75, 3.05) is 28.4 Å². The highest BCUT2D eigenvalue weighted by Crippen LogP contribution is 2.38. The molecule has 324 valence electrons. The van der Waals surface area contributed by atoms with Gasteiger partial charge in [-0.15, -0.1) is 0 Å². The Bertz CT molecular complexity index is 1740. The third-order valence-electron chi connectivity index (χ3n) is 12.6. The van der Waals surface area contributed by atoms with Crippen LogP contribution in [0.25, 0.3) is 0 Å². The fourth-order valence-electron chi connectivity index (χ4n) is 8.10. The maximum absolute atomic E-state index is 5.73. The van der Waals surface area contributed by atoms with E-state index in [4.69, 9.17) is 24.7 Å². The van der Waals surface area contributed by atoms with Crippen LogP contribution in [-0.4, -0.2) is 28.4 Å². The van der Waals surface area contributed by atoms with E-state index in [9.17, 15) is 0 Å². The zero-order valence-electron chi connectivity index (χ0n) is 37.3. The first-order valence-corrected chi connectivity index (χ1v) is 19.0. The van der Waals surface area contributed by atoms with Gasteiger partial charge in [0.15, 0.2) is 0 Å². The van der Waals surface area contributed by atoms with Crippen LogP contribution in [0.3, 0.4) is 0 Å². The Morgan fingerprint density at radius 2 is 0.509 bits per heavy atom. The van der Waals surface area contributed by atoms with E-state index in [1.807, 2.05) is 0 Å². The molecular formula is C52H87NO4. The lowest BCUT2D eigenvalue weighted by Gasteiger charge is -2.23. The van der Waals surface area contributed by atoms with Crippen LogP contribution in [0.4, 0.5) is 0 Å². The van der Waals surface area contributed by atoms with Crippen LogP contribution in [0, 0.1) is 111 Å². The van der Waals surface area contributed by atoms with Gasteiger partial charge in [0, 0.05) is 12.1 Å². The van der Waals surface area contributed by atoms with E-state index in [2.05, 4.69) is 118 Å². The number of hydrogen-bond acceptors (Lipinski definition) is 5. The summed E-state index contributed by atoms with van der Waals surface area (Å²) in [7, 11) is 6.98. The molecular weight excluding hydrogens is 703 g/mol. The molecule has 0 aliphatic heterocycles. The first-order valence-electron chi connectivity index (χ1n) is 19.0. The highest BCUT2D eigenvalue weighted by atomic mass is 16.5. The first kappa shape index (κ1) is 57.4. The molecule has 0 spiro atoms. The number of benzene rings is 4. The summed E-state index contributed by atoms with van der Waals surface area (Å²) in [5.74, 6) is 4.05. The molecule has 5 nitrogen and oxygen atoms in total. The summed E-state index contributed by atoms with van der Waals surface area (Å²) in [5.41, 5.74) is 31.9. The van der Waals surface area contributed by atoms with E-state index >= 15 is 0 Å². The Balaban J connectivity index is -0.000000790.